The third-order valence-corrected chi connectivity index (χ3v) is 3.97. The van der Waals surface area contributed by atoms with Crippen molar-refractivity contribution < 1.29 is 0 Å². The second-order valence-electron chi connectivity index (χ2n) is 4.52. The van der Waals surface area contributed by atoms with Crippen LogP contribution < -0.4 is 0 Å². The average Bonchev–Trinajstić information content (AvgIpc) is 3.25. The zero-order valence-corrected chi connectivity index (χ0v) is 12.2. The zero-order valence-electron chi connectivity index (χ0n) is 11.2. The van der Waals surface area contributed by atoms with Crippen LogP contribution in [0.5, 0.6) is 0 Å². The SMILES string of the molecule is CPn1cc(-c2cn3nccc3c(-c3cn[nH]c3)n2)cn1. The number of nitrogens with one attached hydrogen (secondary N) is 1. The van der Waals surface area contributed by atoms with Gasteiger partial charge in [0.25, 0.3) is 0 Å². The number of H-pyrrole nitrogens is 1. The van der Waals surface area contributed by atoms with Crippen LogP contribution in [0, 0.1) is 0 Å². The van der Waals surface area contributed by atoms with Gasteiger partial charge in [-0.25, -0.2) is 9.50 Å². The molecule has 0 aliphatic rings. The predicted octanol–water partition coefficient (Wildman–Crippen LogP) is 2.05. The molecule has 0 aliphatic heterocycles. The van der Waals surface area contributed by atoms with E-state index in [1.807, 2.05) is 39.8 Å². The van der Waals surface area contributed by atoms with Gasteiger partial charge in [0.1, 0.15) is 0 Å². The van der Waals surface area contributed by atoms with Gasteiger partial charge in [0.2, 0.25) is 0 Å². The molecule has 104 valence electrons. The van der Waals surface area contributed by atoms with Crippen molar-refractivity contribution in [1.29, 1.82) is 0 Å². The second kappa shape index (κ2) is 4.79. The summed E-state index contributed by atoms with van der Waals surface area (Å²) in [6, 6.07) is 1.94. The van der Waals surface area contributed by atoms with Crippen molar-refractivity contribution in [1.82, 2.24) is 34.3 Å². The minimum Gasteiger partial charge on any atom is -0.285 e. The number of aromatic amines is 1. The Hall–Kier alpha value is -2.53. The summed E-state index contributed by atoms with van der Waals surface area (Å²) in [7, 11) is 0.599. The van der Waals surface area contributed by atoms with Gasteiger partial charge >= 0.3 is 0 Å². The third kappa shape index (κ3) is 2.02. The molecule has 8 heteroatoms. The maximum absolute atomic E-state index is 4.76. The summed E-state index contributed by atoms with van der Waals surface area (Å²) in [5, 5.41) is 15.5. The zero-order chi connectivity index (χ0) is 14.2. The molecular formula is C13H12N7P. The Kier molecular flexibility index (Phi) is 2.79. The minimum atomic E-state index is 0.599. The molecule has 0 amide bonds. The lowest BCUT2D eigenvalue weighted by molar-refractivity contribution is 0.951. The molecule has 1 atom stereocenters. The molecule has 0 aromatic carbocycles. The molecule has 0 radical (unpaired) electrons. The molecule has 0 saturated carbocycles. The molecule has 4 aromatic rings. The number of nitrogens with zero attached hydrogens (tertiary/aromatic N) is 6. The van der Waals surface area contributed by atoms with E-state index in [0.29, 0.717) is 8.73 Å². The van der Waals surface area contributed by atoms with Gasteiger partial charge < -0.3 is 0 Å². The molecule has 0 bridgehead atoms. The first-order valence-corrected chi connectivity index (χ1v) is 7.86. The molecule has 4 heterocycles. The fraction of sp³-hybridized carbons (Fsp3) is 0.0769. The van der Waals surface area contributed by atoms with Crippen LogP contribution >= 0.6 is 8.73 Å². The summed E-state index contributed by atoms with van der Waals surface area (Å²) < 4.78 is 3.73. The monoisotopic (exact) mass is 297 g/mol. The number of hydrogen-bond acceptors (Lipinski definition) is 4. The third-order valence-electron chi connectivity index (χ3n) is 3.27. The highest BCUT2D eigenvalue weighted by molar-refractivity contribution is 7.35. The smallest absolute Gasteiger partial charge is 0.0999 e. The molecular weight excluding hydrogens is 285 g/mol. The van der Waals surface area contributed by atoms with Crippen molar-refractivity contribution in [3.63, 3.8) is 0 Å². The van der Waals surface area contributed by atoms with Crippen LogP contribution in [0.15, 0.2) is 43.2 Å². The highest BCUT2D eigenvalue weighted by atomic mass is 31.1. The van der Waals surface area contributed by atoms with E-state index < -0.39 is 0 Å². The number of fused-ring (bicyclic) bond motifs is 1. The molecule has 0 fully saturated rings. The van der Waals surface area contributed by atoms with E-state index >= 15 is 0 Å². The Balaban J connectivity index is 1.94. The maximum atomic E-state index is 4.76. The predicted molar refractivity (Wildman–Crippen MR) is 81.4 cm³/mol. The Morgan fingerprint density at radius 3 is 2.86 bits per heavy atom. The maximum Gasteiger partial charge on any atom is 0.0999 e. The summed E-state index contributed by atoms with van der Waals surface area (Å²) in [6.07, 6.45) is 11.1. The van der Waals surface area contributed by atoms with Crippen LogP contribution in [0.1, 0.15) is 0 Å². The fourth-order valence-corrected chi connectivity index (χ4v) is 2.68. The van der Waals surface area contributed by atoms with E-state index in [1.54, 1.807) is 12.4 Å². The van der Waals surface area contributed by atoms with Gasteiger partial charge in [-0.2, -0.15) is 15.3 Å². The van der Waals surface area contributed by atoms with Gasteiger partial charge in [-0.15, -0.1) is 0 Å². The van der Waals surface area contributed by atoms with Gasteiger partial charge in [-0.05, 0) is 21.5 Å². The molecule has 4 aromatic heterocycles. The van der Waals surface area contributed by atoms with Crippen molar-refractivity contribution in [3.05, 3.63) is 43.2 Å². The molecule has 7 nitrogen and oxygen atoms in total. The van der Waals surface area contributed by atoms with Crippen molar-refractivity contribution in [2.45, 2.75) is 0 Å². The first-order valence-electron chi connectivity index (χ1n) is 6.41. The van der Waals surface area contributed by atoms with E-state index in [9.17, 15) is 0 Å². The Morgan fingerprint density at radius 1 is 1.14 bits per heavy atom. The molecule has 0 saturated heterocycles. The second-order valence-corrected chi connectivity index (χ2v) is 5.43. The van der Waals surface area contributed by atoms with Crippen LogP contribution in [0.3, 0.4) is 0 Å². The summed E-state index contributed by atoms with van der Waals surface area (Å²) >= 11 is 0. The lowest BCUT2D eigenvalue weighted by atomic mass is 10.2. The fourth-order valence-electron chi connectivity index (χ4n) is 2.24. The summed E-state index contributed by atoms with van der Waals surface area (Å²) in [6.45, 7) is 2.08. The van der Waals surface area contributed by atoms with Crippen LogP contribution in [-0.4, -0.2) is 41.0 Å². The van der Waals surface area contributed by atoms with Crippen molar-refractivity contribution in [3.8, 4) is 22.5 Å². The topological polar surface area (TPSA) is 76.7 Å². The van der Waals surface area contributed by atoms with Gasteiger partial charge in [0.05, 0.1) is 41.7 Å². The molecule has 1 unspecified atom stereocenters. The summed E-state index contributed by atoms with van der Waals surface area (Å²) in [5.41, 5.74) is 4.56. The van der Waals surface area contributed by atoms with E-state index in [4.69, 9.17) is 4.98 Å². The van der Waals surface area contributed by atoms with Crippen LogP contribution in [0.25, 0.3) is 28.0 Å². The molecule has 21 heavy (non-hydrogen) atoms. The normalized spacial score (nSPS) is 11.9. The molecule has 4 rings (SSSR count). The van der Waals surface area contributed by atoms with E-state index in [0.717, 1.165) is 28.0 Å². The number of aromatic nitrogens is 7. The quantitative estimate of drug-likeness (QED) is 0.587. The highest BCUT2D eigenvalue weighted by Crippen LogP contribution is 2.26. The van der Waals surface area contributed by atoms with Gasteiger partial charge in [0, 0.05) is 23.5 Å². The van der Waals surface area contributed by atoms with E-state index in [-0.39, 0.29) is 0 Å². The number of rotatable bonds is 3. The summed E-state index contributed by atoms with van der Waals surface area (Å²) in [5.74, 6) is 0. The lowest BCUT2D eigenvalue weighted by Crippen LogP contribution is -1.95. The first kappa shape index (κ1) is 12.2. The number of hydrogen-bond donors (Lipinski definition) is 1. The van der Waals surface area contributed by atoms with E-state index in [2.05, 4.69) is 27.1 Å². The van der Waals surface area contributed by atoms with Gasteiger partial charge in [0.15, 0.2) is 0 Å². The Morgan fingerprint density at radius 2 is 2.10 bits per heavy atom. The molecule has 1 N–H and O–H groups in total. The van der Waals surface area contributed by atoms with Gasteiger partial charge in [-0.3, -0.25) is 9.55 Å². The standard InChI is InChI=1S/C13H12N7P/c1-21-20-7-10(6-17-20)11-8-19-12(2-3-16-19)13(18-11)9-4-14-15-5-9/h2-8,21H,1H3,(H,14,15). The van der Waals surface area contributed by atoms with Crippen molar-refractivity contribution >= 4 is 14.2 Å². The van der Waals surface area contributed by atoms with Crippen LogP contribution in [0.2, 0.25) is 0 Å². The minimum absolute atomic E-state index is 0.599. The van der Waals surface area contributed by atoms with E-state index in [1.165, 1.54) is 0 Å². The van der Waals surface area contributed by atoms with Crippen molar-refractivity contribution in [2.24, 2.45) is 0 Å². The van der Waals surface area contributed by atoms with Gasteiger partial charge in [-0.1, -0.05) is 0 Å². The first-order chi connectivity index (χ1) is 10.3. The average molecular weight is 297 g/mol. The Labute approximate surface area is 121 Å². The summed E-state index contributed by atoms with van der Waals surface area (Å²) in [4.78, 5) is 4.76. The lowest BCUT2D eigenvalue weighted by Gasteiger charge is -2.04. The van der Waals surface area contributed by atoms with Crippen molar-refractivity contribution in [2.75, 3.05) is 6.66 Å². The van der Waals surface area contributed by atoms with Crippen LogP contribution in [-0.2, 0) is 0 Å². The Bertz CT molecular complexity index is 890. The van der Waals surface area contributed by atoms with Crippen LogP contribution in [0.4, 0.5) is 0 Å². The highest BCUT2D eigenvalue weighted by Gasteiger charge is 2.12. The molecule has 0 aliphatic carbocycles. The molecule has 0 spiro atoms. The largest absolute Gasteiger partial charge is 0.285 e.